The fourth-order valence-electron chi connectivity index (χ4n) is 2.47. The molecule has 0 spiro atoms. The lowest BCUT2D eigenvalue weighted by atomic mass is 9.87. The van der Waals surface area contributed by atoms with Crippen molar-refractivity contribution < 1.29 is 9.84 Å². The quantitative estimate of drug-likeness (QED) is 0.856. The van der Waals surface area contributed by atoms with Crippen LogP contribution >= 0.6 is 11.6 Å². The highest BCUT2D eigenvalue weighted by Crippen LogP contribution is 2.31. The standard InChI is InChI=1S/C16H23ClO2/c1-16(2,3)12-5-4-6-14(8-12)19-10-11-7-13(17)9-15(11)18/h4-6,8,11,13,15,18H,7,9-10H2,1-3H3/t11-,13-,15+/m0/s1. The maximum atomic E-state index is 9.86. The third kappa shape index (κ3) is 3.87. The van der Waals surface area contributed by atoms with Crippen LogP contribution < -0.4 is 4.74 Å². The maximum absolute atomic E-state index is 9.86. The van der Waals surface area contributed by atoms with Gasteiger partial charge in [-0.1, -0.05) is 32.9 Å². The zero-order chi connectivity index (χ0) is 14.0. The molecule has 1 aliphatic carbocycles. The molecular weight excluding hydrogens is 260 g/mol. The van der Waals surface area contributed by atoms with E-state index < -0.39 is 0 Å². The summed E-state index contributed by atoms with van der Waals surface area (Å²) in [5.41, 5.74) is 1.38. The van der Waals surface area contributed by atoms with Crippen molar-refractivity contribution in [2.75, 3.05) is 6.61 Å². The maximum Gasteiger partial charge on any atom is 0.119 e. The van der Waals surface area contributed by atoms with E-state index in [1.54, 1.807) is 0 Å². The van der Waals surface area contributed by atoms with Crippen molar-refractivity contribution in [1.82, 2.24) is 0 Å². The van der Waals surface area contributed by atoms with Gasteiger partial charge in [0, 0.05) is 11.3 Å². The molecule has 0 heterocycles. The van der Waals surface area contributed by atoms with Crippen molar-refractivity contribution in [3.63, 3.8) is 0 Å². The average Bonchev–Trinajstić information content (AvgIpc) is 2.64. The van der Waals surface area contributed by atoms with Gasteiger partial charge < -0.3 is 9.84 Å². The van der Waals surface area contributed by atoms with E-state index in [1.807, 2.05) is 12.1 Å². The summed E-state index contributed by atoms with van der Waals surface area (Å²) in [4.78, 5) is 0. The van der Waals surface area contributed by atoms with Gasteiger partial charge in [0.2, 0.25) is 0 Å². The Morgan fingerprint density at radius 3 is 2.63 bits per heavy atom. The summed E-state index contributed by atoms with van der Waals surface area (Å²) in [6.45, 7) is 7.10. The highest BCUT2D eigenvalue weighted by atomic mass is 35.5. The Labute approximate surface area is 120 Å². The molecule has 0 aromatic heterocycles. The van der Waals surface area contributed by atoms with Crippen molar-refractivity contribution in [2.45, 2.75) is 50.5 Å². The zero-order valence-electron chi connectivity index (χ0n) is 11.9. The monoisotopic (exact) mass is 282 g/mol. The fraction of sp³-hybridized carbons (Fsp3) is 0.625. The number of aliphatic hydroxyl groups is 1. The number of benzene rings is 1. The first kappa shape index (κ1) is 14.7. The van der Waals surface area contributed by atoms with Crippen LogP contribution in [0.1, 0.15) is 39.2 Å². The van der Waals surface area contributed by atoms with Gasteiger partial charge >= 0.3 is 0 Å². The van der Waals surface area contributed by atoms with Crippen molar-refractivity contribution in [1.29, 1.82) is 0 Å². The van der Waals surface area contributed by atoms with Gasteiger partial charge in [-0.25, -0.2) is 0 Å². The highest BCUT2D eigenvalue weighted by Gasteiger charge is 2.32. The Bertz CT molecular complexity index is 425. The van der Waals surface area contributed by atoms with E-state index in [0.29, 0.717) is 13.0 Å². The molecule has 0 aliphatic heterocycles. The van der Waals surface area contributed by atoms with Gasteiger partial charge in [-0.2, -0.15) is 0 Å². The molecule has 2 nitrogen and oxygen atoms in total. The third-order valence-electron chi connectivity index (χ3n) is 3.76. The molecule has 0 radical (unpaired) electrons. The number of hydrogen-bond acceptors (Lipinski definition) is 2. The Morgan fingerprint density at radius 2 is 2.05 bits per heavy atom. The van der Waals surface area contributed by atoms with E-state index in [0.717, 1.165) is 12.2 Å². The van der Waals surface area contributed by atoms with Crippen LogP contribution in [0.4, 0.5) is 0 Å². The second-order valence-corrected chi connectivity index (χ2v) is 7.10. The van der Waals surface area contributed by atoms with Gasteiger partial charge in [0.1, 0.15) is 5.75 Å². The predicted molar refractivity (Wildman–Crippen MR) is 79.0 cm³/mol. The Kier molecular flexibility index (Phi) is 4.42. The molecule has 1 fully saturated rings. The fourth-order valence-corrected chi connectivity index (χ4v) is 2.88. The molecule has 1 N–H and O–H groups in total. The minimum absolute atomic E-state index is 0.0875. The van der Waals surface area contributed by atoms with E-state index >= 15 is 0 Å². The topological polar surface area (TPSA) is 29.5 Å². The highest BCUT2D eigenvalue weighted by molar-refractivity contribution is 6.20. The third-order valence-corrected chi connectivity index (χ3v) is 4.12. The van der Waals surface area contributed by atoms with Crippen molar-refractivity contribution in [3.05, 3.63) is 29.8 Å². The minimum atomic E-state index is -0.326. The number of rotatable bonds is 3. The van der Waals surface area contributed by atoms with Crippen LogP contribution in [0.15, 0.2) is 24.3 Å². The van der Waals surface area contributed by atoms with E-state index in [9.17, 15) is 5.11 Å². The van der Waals surface area contributed by atoms with Gasteiger partial charge in [-0.3, -0.25) is 0 Å². The number of halogens is 1. The summed E-state index contributed by atoms with van der Waals surface area (Å²) in [6.07, 6.45) is 1.19. The Morgan fingerprint density at radius 1 is 1.32 bits per heavy atom. The van der Waals surface area contributed by atoms with Crippen LogP contribution in [-0.2, 0) is 5.41 Å². The molecule has 3 heteroatoms. The average molecular weight is 283 g/mol. The molecular formula is C16H23ClO2. The summed E-state index contributed by atoms with van der Waals surface area (Å²) in [7, 11) is 0. The lowest BCUT2D eigenvalue weighted by molar-refractivity contribution is 0.0985. The Hall–Kier alpha value is -0.730. The molecule has 106 valence electrons. The first-order valence-electron chi connectivity index (χ1n) is 6.92. The van der Waals surface area contributed by atoms with Crippen molar-refractivity contribution in [2.24, 2.45) is 5.92 Å². The molecule has 0 amide bonds. The SMILES string of the molecule is CC(C)(C)c1cccc(OC[C@@H]2C[C@H](Cl)C[C@H]2O)c1. The van der Waals surface area contributed by atoms with Gasteiger partial charge in [-0.05, 0) is 36.0 Å². The van der Waals surface area contributed by atoms with Crippen molar-refractivity contribution in [3.8, 4) is 5.75 Å². The summed E-state index contributed by atoms with van der Waals surface area (Å²) >= 11 is 6.05. The van der Waals surface area contributed by atoms with Crippen molar-refractivity contribution >= 4 is 11.6 Å². The predicted octanol–water partition coefficient (Wildman–Crippen LogP) is 3.74. The van der Waals surface area contributed by atoms with Gasteiger partial charge in [0.05, 0.1) is 12.7 Å². The van der Waals surface area contributed by atoms with Gasteiger partial charge in [0.25, 0.3) is 0 Å². The van der Waals surface area contributed by atoms with Gasteiger partial charge in [-0.15, -0.1) is 11.6 Å². The summed E-state index contributed by atoms with van der Waals surface area (Å²) in [5.74, 6) is 1.03. The smallest absolute Gasteiger partial charge is 0.119 e. The number of alkyl halides is 1. The van der Waals surface area contributed by atoms with E-state index in [-0.39, 0.29) is 22.8 Å². The second kappa shape index (κ2) is 5.72. The molecule has 19 heavy (non-hydrogen) atoms. The zero-order valence-corrected chi connectivity index (χ0v) is 12.7. The van der Waals surface area contributed by atoms with Crippen LogP contribution in [0.25, 0.3) is 0 Å². The first-order valence-corrected chi connectivity index (χ1v) is 7.35. The molecule has 1 saturated carbocycles. The molecule has 1 aromatic carbocycles. The minimum Gasteiger partial charge on any atom is -0.493 e. The van der Waals surface area contributed by atoms with Crippen LogP contribution in [0.2, 0.25) is 0 Å². The molecule has 0 bridgehead atoms. The summed E-state index contributed by atoms with van der Waals surface area (Å²) < 4.78 is 5.83. The van der Waals surface area contributed by atoms with E-state index in [1.165, 1.54) is 5.56 Å². The summed E-state index contributed by atoms with van der Waals surface area (Å²) in [6, 6.07) is 8.19. The van der Waals surface area contributed by atoms with E-state index in [2.05, 4.69) is 32.9 Å². The van der Waals surface area contributed by atoms with E-state index in [4.69, 9.17) is 16.3 Å². The van der Waals surface area contributed by atoms with Crippen LogP contribution in [0.5, 0.6) is 5.75 Å². The summed E-state index contributed by atoms with van der Waals surface area (Å²) in [5, 5.41) is 9.94. The van der Waals surface area contributed by atoms with Crippen LogP contribution in [0, 0.1) is 5.92 Å². The Balaban J connectivity index is 1.97. The molecule has 0 saturated heterocycles. The second-order valence-electron chi connectivity index (χ2n) is 6.48. The molecule has 2 rings (SSSR count). The molecule has 0 unspecified atom stereocenters. The lowest BCUT2D eigenvalue weighted by Gasteiger charge is -2.20. The lowest BCUT2D eigenvalue weighted by Crippen LogP contribution is -2.20. The molecule has 1 aliphatic rings. The largest absolute Gasteiger partial charge is 0.493 e. The number of ether oxygens (including phenoxy) is 1. The normalized spacial score (nSPS) is 27.5. The number of aliphatic hydroxyl groups excluding tert-OH is 1. The van der Waals surface area contributed by atoms with Crippen LogP contribution in [0.3, 0.4) is 0 Å². The van der Waals surface area contributed by atoms with Crippen LogP contribution in [-0.4, -0.2) is 23.2 Å². The van der Waals surface area contributed by atoms with Gasteiger partial charge in [0.15, 0.2) is 0 Å². The molecule has 3 atom stereocenters. The molecule has 1 aromatic rings. The first-order chi connectivity index (χ1) is 8.86. The number of hydrogen-bond donors (Lipinski definition) is 1.